The predicted octanol–water partition coefficient (Wildman–Crippen LogP) is 9.35. The number of aryl methyl sites for hydroxylation is 1. The molecule has 5 N–H and O–H groups in total. The van der Waals surface area contributed by atoms with Gasteiger partial charge in [0.15, 0.2) is 5.82 Å². The molecular formula is C63H76F2N10O6S. The van der Waals surface area contributed by atoms with E-state index >= 15 is 8.78 Å². The molecule has 2 bridgehead atoms. The zero-order valence-electron chi connectivity index (χ0n) is 47.5. The lowest BCUT2D eigenvalue weighted by molar-refractivity contribution is -0.144. The number of nitrogens with one attached hydrogen (secondary N) is 3. The van der Waals surface area contributed by atoms with Crippen LogP contribution in [0.3, 0.4) is 0 Å². The van der Waals surface area contributed by atoms with Gasteiger partial charge in [0, 0.05) is 81.3 Å². The van der Waals surface area contributed by atoms with E-state index in [1.54, 1.807) is 17.5 Å². The van der Waals surface area contributed by atoms with E-state index in [0.717, 1.165) is 112 Å². The predicted molar refractivity (Wildman–Crippen MR) is 315 cm³/mol. The molecule has 3 aromatic heterocycles. The van der Waals surface area contributed by atoms with Crippen molar-refractivity contribution in [3.8, 4) is 45.8 Å². The summed E-state index contributed by atoms with van der Waals surface area (Å²) in [5.41, 5.74) is 4.17. The van der Waals surface area contributed by atoms with Crippen LogP contribution in [0.2, 0.25) is 0 Å². The monoisotopic (exact) mass is 1140 g/mol. The highest BCUT2D eigenvalue weighted by Crippen LogP contribution is 2.40. The Morgan fingerprint density at radius 2 is 1.62 bits per heavy atom. The number of likely N-dealkylation sites (tertiary alicyclic amines) is 2. The van der Waals surface area contributed by atoms with Gasteiger partial charge in [-0.15, -0.1) is 17.8 Å². The second kappa shape index (κ2) is 25.7. The fraction of sp³-hybridized carbons (Fsp3) is 0.508. The summed E-state index contributed by atoms with van der Waals surface area (Å²) in [4.78, 5) is 66.6. The van der Waals surface area contributed by atoms with Crippen molar-refractivity contribution in [3.05, 3.63) is 88.7 Å². The van der Waals surface area contributed by atoms with Crippen LogP contribution in [0, 0.1) is 36.3 Å². The van der Waals surface area contributed by atoms with E-state index in [1.807, 2.05) is 57.5 Å². The number of fused-ring (bicyclic) bond motifs is 4. The molecule has 5 atom stereocenters. The first-order valence-corrected chi connectivity index (χ1v) is 30.1. The number of piperidine rings is 1. The van der Waals surface area contributed by atoms with Crippen molar-refractivity contribution in [2.75, 3.05) is 44.2 Å². The van der Waals surface area contributed by atoms with E-state index in [1.165, 1.54) is 29.2 Å². The summed E-state index contributed by atoms with van der Waals surface area (Å²) in [7, 11) is 0. The van der Waals surface area contributed by atoms with Crippen LogP contribution in [0.25, 0.3) is 43.4 Å². The molecule has 0 saturated carbocycles. The number of halogens is 2. The van der Waals surface area contributed by atoms with Gasteiger partial charge >= 0.3 is 6.01 Å². The molecule has 7 heterocycles. The number of pyridine rings is 1. The normalized spacial score (nSPS) is 19.9. The van der Waals surface area contributed by atoms with Gasteiger partial charge < -0.3 is 45.6 Å². The van der Waals surface area contributed by atoms with Crippen LogP contribution in [-0.4, -0.2) is 133 Å². The lowest BCUT2D eigenvalue weighted by Gasteiger charge is -2.35. The Kier molecular flexibility index (Phi) is 18.3. The van der Waals surface area contributed by atoms with Gasteiger partial charge in [-0.2, -0.15) is 9.97 Å². The highest BCUT2D eigenvalue weighted by Gasteiger charge is 2.44. The number of aromatic nitrogens is 4. The highest BCUT2D eigenvalue weighted by atomic mass is 32.1. The molecule has 4 aliphatic rings. The molecule has 4 saturated heterocycles. The number of amides is 3. The van der Waals surface area contributed by atoms with Gasteiger partial charge in [0.25, 0.3) is 0 Å². The smallest absolute Gasteiger partial charge is 0.319 e. The van der Waals surface area contributed by atoms with Gasteiger partial charge in [0.05, 0.1) is 33.1 Å². The zero-order chi connectivity index (χ0) is 57.7. The molecule has 4 aliphatic heterocycles. The first kappa shape index (κ1) is 58.4. The van der Waals surface area contributed by atoms with Gasteiger partial charge in [-0.25, -0.2) is 13.8 Å². The molecule has 16 nitrogen and oxygen atoms in total. The van der Waals surface area contributed by atoms with Crippen LogP contribution in [0.5, 0.6) is 11.8 Å². The molecule has 10 rings (SSSR count). The zero-order valence-corrected chi connectivity index (χ0v) is 48.3. The second-order valence-corrected chi connectivity index (χ2v) is 24.8. The van der Waals surface area contributed by atoms with Gasteiger partial charge in [-0.05, 0) is 92.1 Å². The first-order valence-electron chi connectivity index (χ1n) is 29.2. The number of hydrogen-bond donors (Lipinski definition) is 5. The molecule has 4 fully saturated rings. The Bertz CT molecular complexity index is 3310. The van der Waals surface area contributed by atoms with E-state index in [9.17, 15) is 24.6 Å². The third kappa shape index (κ3) is 13.5. The SMILES string of the molecule is C#Cc1c(F)ccc2cc(O)cc(-c3ncc4c(N5CC6CCC(C5)N6)nc(OC5CCN(CCCCCCCCCCC(=O)N[C@H](C(=O)N6C[C@H](O)C[C@H]6C(=O)NCc6ccc(-c7scnc7C)cc6)C(C)(C)C)CC5)nc4c3F)c12. The summed E-state index contributed by atoms with van der Waals surface area (Å²) in [6.07, 6.45) is 18.6. The lowest BCUT2D eigenvalue weighted by Crippen LogP contribution is -2.57. The number of thiazole rings is 1. The third-order valence-corrected chi connectivity index (χ3v) is 17.7. The highest BCUT2D eigenvalue weighted by molar-refractivity contribution is 7.13. The summed E-state index contributed by atoms with van der Waals surface area (Å²) in [5, 5.41) is 32.1. The number of nitrogens with zero attached hydrogens (tertiary/aromatic N) is 7. The van der Waals surface area contributed by atoms with E-state index in [-0.39, 0.29) is 94.9 Å². The summed E-state index contributed by atoms with van der Waals surface area (Å²) < 4.78 is 38.6. The number of β-amino-alcohol motifs (C(OH)–C–C–N with tert-alkyl or cyclic N) is 1. The maximum Gasteiger partial charge on any atom is 0.319 e. The van der Waals surface area contributed by atoms with Gasteiger partial charge in [-0.1, -0.05) is 95.5 Å². The number of benzene rings is 3. The number of piperazine rings is 1. The van der Waals surface area contributed by atoms with Crippen molar-refractivity contribution in [1.29, 1.82) is 0 Å². The maximum atomic E-state index is 17.1. The number of ether oxygens (including phenoxy) is 1. The number of terminal acetylenes is 1. The number of aliphatic hydroxyl groups excluding tert-OH is 1. The van der Waals surface area contributed by atoms with E-state index in [4.69, 9.17) is 16.1 Å². The number of carbonyl (C=O) groups is 3. The maximum absolute atomic E-state index is 17.1. The fourth-order valence-electron chi connectivity index (χ4n) is 12.3. The molecule has 3 aromatic carbocycles. The third-order valence-electron chi connectivity index (χ3n) is 16.8. The number of anilines is 1. The molecule has 0 aliphatic carbocycles. The van der Waals surface area contributed by atoms with Gasteiger partial charge in [-0.3, -0.25) is 19.4 Å². The van der Waals surface area contributed by atoms with Crippen molar-refractivity contribution in [3.63, 3.8) is 0 Å². The van der Waals surface area contributed by atoms with Gasteiger partial charge in [0.1, 0.15) is 46.8 Å². The minimum atomic E-state index is -0.860. The number of aromatic hydroxyl groups is 1. The number of rotatable bonds is 21. The van der Waals surface area contributed by atoms with Crippen molar-refractivity contribution in [2.24, 2.45) is 5.41 Å². The largest absolute Gasteiger partial charge is 0.508 e. The molecule has 3 amide bonds. The van der Waals surface area contributed by atoms with Crippen LogP contribution in [0.15, 0.2) is 60.2 Å². The fourth-order valence-corrected chi connectivity index (χ4v) is 13.1. The van der Waals surface area contributed by atoms with E-state index in [0.29, 0.717) is 42.5 Å². The topological polar surface area (TPSA) is 198 Å². The average molecular weight is 1140 g/mol. The van der Waals surface area contributed by atoms with Gasteiger partial charge in [0.2, 0.25) is 17.7 Å². The summed E-state index contributed by atoms with van der Waals surface area (Å²) in [5.74, 6) is 0.558. The summed E-state index contributed by atoms with van der Waals surface area (Å²) in [6, 6.07) is 12.4. The minimum Gasteiger partial charge on any atom is -0.508 e. The Hall–Kier alpha value is -6.85. The number of unbranched alkanes of at least 4 members (excludes halogenated alkanes) is 7. The molecular weight excluding hydrogens is 1060 g/mol. The molecule has 0 radical (unpaired) electrons. The molecule has 434 valence electrons. The lowest BCUT2D eigenvalue weighted by atomic mass is 9.85. The Balaban J connectivity index is 0.647. The number of aliphatic hydroxyl groups is 1. The Morgan fingerprint density at radius 3 is 2.30 bits per heavy atom. The Morgan fingerprint density at radius 1 is 0.915 bits per heavy atom. The van der Waals surface area contributed by atoms with Crippen molar-refractivity contribution >= 4 is 56.6 Å². The van der Waals surface area contributed by atoms with Crippen molar-refractivity contribution < 1.29 is 38.1 Å². The number of phenols is 1. The van der Waals surface area contributed by atoms with Crippen LogP contribution >= 0.6 is 11.3 Å². The first-order chi connectivity index (χ1) is 39.5. The molecule has 82 heavy (non-hydrogen) atoms. The summed E-state index contributed by atoms with van der Waals surface area (Å²) >= 11 is 1.58. The molecule has 2 unspecified atom stereocenters. The Labute approximate surface area is 482 Å². The molecule has 19 heteroatoms. The second-order valence-electron chi connectivity index (χ2n) is 23.9. The van der Waals surface area contributed by atoms with E-state index in [2.05, 4.69) is 46.6 Å². The molecule has 0 spiro atoms. The molecule has 6 aromatic rings. The van der Waals surface area contributed by atoms with Crippen LogP contribution in [-0.2, 0) is 20.9 Å². The number of carbonyl (C=O) groups excluding carboxylic acids is 3. The number of phenolic OH excluding ortho intramolecular Hbond substituents is 1. The summed E-state index contributed by atoms with van der Waals surface area (Å²) in [6.45, 7) is 12.1. The van der Waals surface area contributed by atoms with Crippen molar-refractivity contribution in [2.45, 2.75) is 161 Å². The van der Waals surface area contributed by atoms with Crippen LogP contribution in [0.1, 0.15) is 127 Å². The van der Waals surface area contributed by atoms with Crippen LogP contribution < -0.4 is 25.6 Å². The van der Waals surface area contributed by atoms with E-state index < -0.39 is 35.2 Å². The average Bonchev–Trinajstić information content (AvgIpc) is 2.10. The van der Waals surface area contributed by atoms with Crippen molar-refractivity contribution in [1.82, 2.24) is 45.7 Å². The minimum absolute atomic E-state index is 0.0255. The quantitative estimate of drug-likeness (QED) is 0.0338. The standard InChI is InChI=1S/C63H76F2N10O6S/c1-6-47-50(64)23-20-41-29-44(76)30-48(53(41)47)55-54(65)56-49(33-66-55)59(74-34-42-21-22-43(35-74)69-42)72-62(71-56)81-46-24-27-73(28-25-46)26-14-12-10-8-7-9-11-13-15-52(78)70-58(63(3,4)5)61(80)75-36-45(77)31-51(75)60(79)67-32-39-16-18-40(19-17-39)57-38(2)68-37-82-57/h1,16-20,23,29-30,33,37,42-43,45-46,51,58,69,76-77H,7-15,21-22,24-28,31-32,34-36H2,2-5H3,(H,67,79)(H,70,78)/t42?,43?,45-,51+,58-/m1/s1. The van der Waals surface area contributed by atoms with Crippen LogP contribution in [0.4, 0.5) is 14.6 Å². The number of hydrogen-bond acceptors (Lipinski definition) is 14.